The Bertz CT molecular complexity index is 727. The number of amides is 1. The fraction of sp³-hybridized carbons (Fsp3) is 0.231. The number of carbonyl (C=O) groups excluding carboxylic acids is 2. The Morgan fingerprint density at radius 2 is 2.15 bits per heavy atom. The van der Waals surface area contributed by atoms with E-state index in [0.717, 1.165) is 24.8 Å². The second kappa shape index (κ2) is 5.01. The van der Waals surface area contributed by atoms with Gasteiger partial charge in [0.2, 0.25) is 0 Å². The van der Waals surface area contributed by atoms with Gasteiger partial charge in [0.05, 0.1) is 16.1 Å². The van der Waals surface area contributed by atoms with Crippen LogP contribution in [0.25, 0.3) is 0 Å². The number of nitrogens with zero attached hydrogens (tertiary/aromatic N) is 1. The summed E-state index contributed by atoms with van der Waals surface area (Å²) in [6.07, 6.45) is 3.18. The number of anilines is 1. The van der Waals surface area contributed by atoms with Crippen molar-refractivity contribution in [3.8, 4) is 0 Å². The largest absolute Gasteiger partial charge is 0.430 e. The van der Waals surface area contributed by atoms with E-state index in [9.17, 15) is 14.4 Å². The van der Waals surface area contributed by atoms with Gasteiger partial charge in [-0.25, -0.2) is 9.78 Å². The van der Waals surface area contributed by atoms with Gasteiger partial charge in [0.1, 0.15) is 6.26 Å². The molecule has 2 aromatic rings. The van der Waals surface area contributed by atoms with Crippen molar-refractivity contribution in [3.05, 3.63) is 45.0 Å². The monoisotopic (exact) mass is 290 g/mol. The third-order valence-corrected chi connectivity index (χ3v) is 4.01. The lowest BCUT2D eigenvalue weighted by molar-refractivity contribution is 0.0975. The van der Waals surface area contributed by atoms with Gasteiger partial charge in [0, 0.05) is 12.5 Å². The molecule has 0 saturated carbocycles. The summed E-state index contributed by atoms with van der Waals surface area (Å²) in [6.45, 7) is 0. The molecule has 1 aliphatic carbocycles. The molecule has 1 aliphatic rings. The first-order valence-corrected chi connectivity index (χ1v) is 6.88. The second-order valence-corrected chi connectivity index (χ2v) is 5.37. The Morgan fingerprint density at radius 3 is 2.85 bits per heavy atom. The van der Waals surface area contributed by atoms with Crippen LogP contribution in [0.2, 0.25) is 0 Å². The molecule has 0 saturated heterocycles. The van der Waals surface area contributed by atoms with Gasteiger partial charge in [-0.3, -0.25) is 14.9 Å². The van der Waals surface area contributed by atoms with Crippen molar-refractivity contribution < 1.29 is 14.0 Å². The number of fused-ring (bicyclic) bond motifs is 1. The summed E-state index contributed by atoms with van der Waals surface area (Å²) in [5.74, 6) is -0.345. The normalized spacial score (nSPS) is 13.9. The third kappa shape index (κ3) is 2.39. The van der Waals surface area contributed by atoms with E-state index in [1.54, 1.807) is 0 Å². The molecule has 1 N–H and O–H groups in total. The predicted molar refractivity (Wildman–Crippen MR) is 72.3 cm³/mol. The van der Waals surface area contributed by atoms with E-state index in [1.807, 2.05) is 0 Å². The zero-order chi connectivity index (χ0) is 14.1. The highest BCUT2D eigenvalue weighted by molar-refractivity contribution is 7.17. The number of rotatable bonds is 2. The van der Waals surface area contributed by atoms with Gasteiger partial charge in [-0.1, -0.05) is 11.3 Å². The van der Waals surface area contributed by atoms with E-state index in [2.05, 4.69) is 14.7 Å². The van der Waals surface area contributed by atoms with Crippen LogP contribution >= 0.6 is 11.3 Å². The summed E-state index contributed by atoms with van der Waals surface area (Å²) >= 11 is 1.18. The van der Waals surface area contributed by atoms with Gasteiger partial charge in [-0.2, -0.15) is 0 Å². The van der Waals surface area contributed by atoms with Crippen molar-refractivity contribution in [2.45, 2.75) is 19.3 Å². The number of nitrogens with one attached hydrogen (secondary N) is 1. The lowest BCUT2D eigenvalue weighted by Crippen LogP contribution is -2.12. The molecule has 2 aromatic heterocycles. The number of hydrogen-bond donors (Lipinski definition) is 1. The molecule has 0 spiro atoms. The Kier molecular flexibility index (Phi) is 3.19. The van der Waals surface area contributed by atoms with Crippen molar-refractivity contribution >= 4 is 28.2 Å². The van der Waals surface area contributed by atoms with Crippen LogP contribution in [0, 0.1) is 0 Å². The molecule has 102 valence electrons. The van der Waals surface area contributed by atoms with Crippen molar-refractivity contribution in [1.29, 1.82) is 0 Å². The number of hydrogen-bond acceptors (Lipinski definition) is 6. The van der Waals surface area contributed by atoms with Crippen LogP contribution in [-0.2, 0) is 6.42 Å². The van der Waals surface area contributed by atoms with Gasteiger partial charge in [0.15, 0.2) is 10.9 Å². The summed E-state index contributed by atoms with van der Waals surface area (Å²) in [7, 11) is 0. The maximum atomic E-state index is 11.9. The zero-order valence-electron chi connectivity index (χ0n) is 10.3. The van der Waals surface area contributed by atoms with Crippen LogP contribution in [0.5, 0.6) is 0 Å². The van der Waals surface area contributed by atoms with Gasteiger partial charge >= 0.3 is 5.63 Å². The van der Waals surface area contributed by atoms with E-state index < -0.39 is 11.5 Å². The van der Waals surface area contributed by atoms with Crippen LogP contribution in [0.4, 0.5) is 5.13 Å². The molecule has 1 amide bonds. The maximum absolute atomic E-state index is 11.9. The van der Waals surface area contributed by atoms with E-state index in [0.29, 0.717) is 16.4 Å². The topological polar surface area (TPSA) is 89.3 Å². The molecular formula is C13H10N2O4S. The molecule has 0 atom stereocenters. The summed E-state index contributed by atoms with van der Waals surface area (Å²) in [6, 6.07) is 2.55. The molecule has 0 bridgehead atoms. The second-order valence-electron chi connectivity index (χ2n) is 4.37. The highest BCUT2D eigenvalue weighted by Gasteiger charge is 2.23. The van der Waals surface area contributed by atoms with Gasteiger partial charge < -0.3 is 4.42 Å². The summed E-state index contributed by atoms with van der Waals surface area (Å²) < 4.78 is 4.63. The molecular weight excluding hydrogens is 280 g/mol. The SMILES string of the molecule is O=C(Nc1nc2c(s1)C(=O)CCC2)c1ccc(=O)oc1. The fourth-order valence-corrected chi connectivity index (χ4v) is 2.95. The molecule has 0 aromatic carbocycles. The summed E-state index contributed by atoms with van der Waals surface area (Å²) in [5.41, 5.74) is 0.460. The quantitative estimate of drug-likeness (QED) is 0.912. The Balaban J connectivity index is 1.81. The average Bonchev–Trinajstić information content (AvgIpc) is 2.83. The number of aromatic nitrogens is 1. The first kappa shape index (κ1) is 12.7. The number of aryl methyl sites for hydroxylation is 1. The Labute approximate surface area is 117 Å². The first-order valence-electron chi connectivity index (χ1n) is 6.06. The molecule has 2 heterocycles. The number of Topliss-reactive ketones (excluding diaryl/α,β-unsaturated/α-hetero) is 1. The van der Waals surface area contributed by atoms with Gasteiger partial charge in [0.25, 0.3) is 5.91 Å². The molecule has 6 nitrogen and oxygen atoms in total. The minimum atomic E-state index is -0.517. The standard InChI is InChI=1S/C13H10N2O4S/c16-9-3-1-2-8-11(9)20-13(14-8)15-12(18)7-4-5-10(17)19-6-7/h4-6H,1-3H2,(H,14,15,18). The van der Waals surface area contributed by atoms with Crippen LogP contribution < -0.4 is 10.9 Å². The van der Waals surface area contributed by atoms with Crippen LogP contribution in [0.1, 0.15) is 38.6 Å². The van der Waals surface area contributed by atoms with E-state index in [1.165, 1.54) is 23.5 Å². The predicted octanol–water partition coefficient (Wildman–Crippen LogP) is 1.87. The number of carbonyl (C=O) groups is 2. The Hall–Kier alpha value is -2.28. The number of thiazole rings is 1. The molecule has 3 rings (SSSR count). The molecule has 0 aliphatic heterocycles. The van der Waals surface area contributed by atoms with Crippen LogP contribution in [-0.4, -0.2) is 16.7 Å². The molecule has 0 fully saturated rings. The average molecular weight is 290 g/mol. The minimum Gasteiger partial charge on any atom is -0.430 e. The van der Waals surface area contributed by atoms with E-state index in [4.69, 9.17) is 0 Å². The zero-order valence-corrected chi connectivity index (χ0v) is 11.2. The molecule has 7 heteroatoms. The highest BCUT2D eigenvalue weighted by atomic mass is 32.1. The van der Waals surface area contributed by atoms with E-state index in [-0.39, 0.29) is 11.3 Å². The Morgan fingerprint density at radius 1 is 1.30 bits per heavy atom. The van der Waals surface area contributed by atoms with Crippen LogP contribution in [0.3, 0.4) is 0 Å². The summed E-state index contributed by atoms with van der Waals surface area (Å²) in [4.78, 5) is 39.3. The van der Waals surface area contributed by atoms with Crippen LogP contribution in [0.15, 0.2) is 27.6 Å². The number of ketones is 1. The van der Waals surface area contributed by atoms with Crippen molar-refractivity contribution in [3.63, 3.8) is 0 Å². The molecule has 0 unspecified atom stereocenters. The first-order chi connectivity index (χ1) is 9.63. The van der Waals surface area contributed by atoms with Crippen molar-refractivity contribution in [1.82, 2.24) is 4.98 Å². The lowest BCUT2D eigenvalue weighted by Gasteiger charge is -2.05. The molecule has 0 radical (unpaired) electrons. The molecule has 20 heavy (non-hydrogen) atoms. The summed E-state index contributed by atoms with van der Waals surface area (Å²) in [5, 5.41) is 3.00. The van der Waals surface area contributed by atoms with Gasteiger partial charge in [-0.05, 0) is 18.9 Å². The maximum Gasteiger partial charge on any atom is 0.335 e. The van der Waals surface area contributed by atoms with Gasteiger partial charge in [-0.15, -0.1) is 0 Å². The minimum absolute atomic E-state index is 0.0787. The highest BCUT2D eigenvalue weighted by Crippen LogP contribution is 2.29. The van der Waals surface area contributed by atoms with Crippen molar-refractivity contribution in [2.24, 2.45) is 0 Å². The third-order valence-electron chi connectivity index (χ3n) is 2.95. The van der Waals surface area contributed by atoms with E-state index >= 15 is 0 Å². The lowest BCUT2D eigenvalue weighted by atomic mass is 10.0. The van der Waals surface area contributed by atoms with Crippen molar-refractivity contribution in [2.75, 3.05) is 5.32 Å². The smallest absolute Gasteiger partial charge is 0.335 e. The fourth-order valence-electron chi connectivity index (χ4n) is 1.98.